The van der Waals surface area contributed by atoms with Crippen LogP contribution in [0.25, 0.3) is 0 Å². The van der Waals surface area contributed by atoms with Crippen molar-refractivity contribution in [1.29, 1.82) is 0 Å². The second-order valence-corrected chi connectivity index (χ2v) is 4.52. The second kappa shape index (κ2) is 4.12. The molecule has 0 spiro atoms. The van der Waals surface area contributed by atoms with E-state index in [1.54, 1.807) is 6.07 Å². The minimum absolute atomic E-state index is 0.157. The van der Waals surface area contributed by atoms with Crippen LogP contribution in [0, 0.1) is 7.14 Å². The zero-order valence-corrected chi connectivity index (χ0v) is 10.1. The maximum Gasteiger partial charge on any atom is 0.489 e. The molecular weight excluding hydrogens is 385 g/mol. The van der Waals surface area contributed by atoms with Gasteiger partial charge in [-0.05, 0) is 62.8 Å². The van der Waals surface area contributed by atoms with Crippen molar-refractivity contribution in [3.8, 4) is 5.75 Å². The summed E-state index contributed by atoms with van der Waals surface area (Å²) < 4.78 is 1.25. The summed E-state index contributed by atoms with van der Waals surface area (Å²) in [5, 5.41) is 27.0. The molecule has 0 aliphatic heterocycles. The van der Waals surface area contributed by atoms with E-state index in [0.717, 1.165) is 0 Å². The highest BCUT2D eigenvalue weighted by molar-refractivity contribution is 14.1. The summed E-state index contributed by atoms with van der Waals surface area (Å²) in [6.45, 7) is 0. The molecule has 12 heavy (non-hydrogen) atoms. The number of benzene rings is 1. The summed E-state index contributed by atoms with van der Waals surface area (Å²) >= 11 is 3.86. The minimum atomic E-state index is -1.48. The minimum Gasteiger partial charge on any atom is -0.507 e. The average Bonchev–Trinajstić information content (AvgIpc) is 1.96. The molecule has 3 N–H and O–H groups in total. The fourth-order valence-corrected chi connectivity index (χ4v) is 1.97. The van der Waals surface area contributed by atoms with E-state index in [2.05, 4.69) is 0 Å². The van der Waals surface area contributed by atoms with Crippen molar-refractivity contribution in [1.82, 2.24) is 0 Å². The number of hydrogen-bond donors (Lipinski definition) is 3. The fraction of sp³-hybridized carbons (Fsp3) is 0. The molecule has 1 rings (SSSR count). The fourth-order valence-electron chi connectivity index (χ4n) is 0.750. The van der Waals surface area contributed by atoms with E-state index in [-0.39, 0.29) is 5.75 Å². The van der Waals surface area contributed by atoms with Crippen LogP contribution in [-0.4, -0.2) is 22.3 Å². The van der Waals surface area contributed by atoms with Gasteiger partial charge in [0.05, 0.1) is 3.57 Å². The van der Waals surface area contributed by atoms with E-state index in [4.69, 9.17) is 10.0 Å². The van der Waals surface area contributed by atoms with Gasteiger partial charge in [-0.25, -0.2) is 0 Å². The molecule has 3 nitrogen and oxygen atoms in total. The Morgan fingerprint density at radius 3 is 2.17 bits per heavy atom. The van der Waals surface area contributed by atoms with Gasteiger partial charge in [-0.1, -0.05) is 0 Å². The van der Waals surface area contributed by atoms with E-state index < -0.39 is 7.12 Å². The molecule has 0 unspecified atom stereocenters. The van der Waals surface area contributed by atoms with Gasteiger partial charge in [0.2, 0.25) is 0 Å². The van der Waals surface area contributed by atoms with Crippen molar-refractivity contribution >= 4 is 57.8 Å². The van der Waals surface area contributed by atoms with E-state index in [9.17, 15) is 5.11 Å². The maximum absolute atomic E-state index is 9.23. The third kappa shape index (κ3) is 2.24. The van der Waals surface area contributed by atoms with Crippen LogP contribution in [0.3, 0.4) is 0 Å². The molecule has 0 fully saturated rings. The van der Waals surface area contributed by atoms with Crippen LogP contribution >= 0.6 is 45.2 Å². The number of halogens is 2. The van der Waals surface area contributed by atoms with Gasteiger partial charge >= 0.3 is 7.12 Å². The van der Waals surface area contributed by atoms with Crippen LogP contribution in [0.4, 0.5) is 0 Å². The summed E-state index contributed by atoms with van der Waals surface area (Å²) in [7, 11) is -1.48. The molecule has 0 aliphatic rings. The first-order valence-corrected chi connectivity index (χ1v) is 5.22. The molecule has 0 saturated carbocycles. The largest absolute Gasteiger partial charge is 0.507 e. The number of aromatic hydroxyl groups is 1. The molecule has 64 valence electrons. The highest BCUT2D eigenvalue weighted by Crippen LogP contribution is 2.20. The highest BCUT2D eigenvalue weighted by atomic mass is 127. The number of phenolic OH excluding ortho intramolecular Hbond substituents is 1. The second-order valence-electron chi connectivity index (χ2n) is 2.20. The molecule has 0 amide bonds. The lowest BCUT2D eigenvalue weighted by molar-refractivity contribution is 0.425. The zero-order valence-electron chi connectivity index (χ0n) is 5.83. The third-order valence-corrected chi connectivity index (χ3v) is 3.14. The monoisotopic (exact) mass is 390 g/mol. The van der Waals surface area contributed by atoms with Crippen LogP contribution in [0.1, 0.15) is 0 Å². The van der Waals surface area contributed by atoms with Gasteiger partial charge < -0.3 is 15.2 Å². The summed E-state index contributed by atoms with van der Waals surface area (Å²) in [6, 6.07) is 3.04. The Kier molecular flexibility index (Phi) is 3.62. The normalized spacial score (nSPS) is 10.0. The Bertz CT molecular complexity index is 303. The molecule has 0 aromatic heterocycles. The summed E-state index contributed by atoms with van der Waals surface area (Å²) in [5.41, 5.74) is 0.415. The van der Waals surface area contributed by atoms with E-state index in [1.807, 2.05) is 45.2 Å². The van der Waals surface area contributed by atoms with E-state index in [1.165, 1.54) is 6.07 Å². The lowest BCUT2D eigenvalue weighted by atomic mass is 9.80. The Balaban J connectivity index is 3.23. The summed E-state index contributed by atoms with van der Waals surface area (Å²) in [6.07, 6.45) is 0. The molecule has 6 heteroatoms. The lowest BCUT2D eigenvalue weighted by Gasteiger charge is -2.04. The maximum atomic E-state index is 9.23. The van der Waals surface area contributed by atoms with Crippen LogP contribution < -0.4 is 5.46 Å². The van der Waals surface area contributed by atoms with E-state index >= 15 is 0 Å². The van der Waals surface area contributed by atoms with Crippen LogP contribution in [0.5, 0.6) is 5.75 Å². The van der Waals surface area contributed by atoms with Gasteiger partial charge in [-0.3, -0.25) is 0 Å². The van der Waals surface area contributed by atoms with Crippen molar-refractivity contribution in [3.63, 3.8) is 0 Å². The quantitative estimate of drug-likeness (QED) is 0.478. The first-order valence-electron chi connectivity index (χ1n) is 3.06. The topological polar surface area (TPSA) is 60.7 Å². The molecule has 0 radical (unpaired) electrons. The van der Waals surface area contributed by atoms with Gasteiger partial charge in [-0.2, -0.15) is 0 Å². The first kappa shape index (κ1) is 10.5. The highest BCUT2D eigenvalue weighted by Gasteiger charge is 2.16. The number of hydrogen-bond acceptors (Lipinski definition) is 3. The van der Waals surface area contributed by atoms with Crippen LogP contribution in [-0.2, 0) is 0 Å². The molecule has 1 aromatic carbocycles. The molecule has 0 bridgehead atoms. The van der Waals surface area contributed by atoms with Crippen molar-refractivity contribution in [2.75, 3.05) is 0 Å². The van der Waals surface area contributed by atoms with Gasteiger partial charge in [0.1, 0.15) is 5.75 Å². The molecular formula is C6H5BI2O3. The molecule has 1 aromatic rings. The van der Waals surface area contributed by atoms with Gasteiger partial charge in [-0.15, -0.1) is 0 Å². The zero-order chi connectivity index (χ0) is 9.30. The first-order chi connectivity index (χ1) is 5.52. The molecule has 0 atom stereocenters. The SMILES string of the molecule is OB(O)c1cc(I)c(O)cc1I. The molecule has 0 aliphatic carbocycles. The summed E-state index contributed by atoms with van der Waals surface area (Å²) in [4.78, 5) is 0. The Morgan fingerprint density at radius 2 is 1.67 bits per heavy atom. The predicted octanol–water partition coefficient (Wildman–Crippen LogP) is 0.281. The summed E-state index contributed by atoms with van der Waals surface area (Å²) in [5.74, 6) is 0.157. The predicted molar refractivity (Wildman–Crippen MR) is 63.4 cm³/mol. The number of rotatable bonds is 1. The Morgan fingerprint density at radius 1 is 1.08 bits per heavy atom. The average molecular weight is 390 g/mol. The lowest BCUT2D eigenvalue weighted by Crippen LogP contribution is -2.32. The van der Waals surface area contributed by atoms with Crippen LogP contribution in [0.2, 0.25) is 0 Å². The smallest absolute Gasteiger partial charge is 0.489 e. The Hall–Kier alpha value is 0.465. The standard InChI is InChI=1S/C6H5BI2O3/c8-4-2-6(10)5(9)1-3(4)7(11)12/h1-2,10-12H. The van der Waals surface area contributed by atoms with Gasteiger partial charge in [0.15, 0.2) is 0 Å². The van der Waals surface area contributed by atoms with Crippen molar-refractivity contribution in [2.24, 2.45) is 0 Å². The van der Waals surface area contributed by atoms with Crippen molar-refractivity contribution in [3.05, 3.63) is 19.3 Å². The molecule has 0 heterocycles. The van der Waals surface area contributed by atoms with Crippen LogP contribution in [0.15, 0.2) is 12.1 Å². The van der Waals surface area contributed by atoms with E-state index in [0.29, 0.717) is 12.6 Å². The van der Waals surface area contributed by atoms with Crippen molar-refractivity contribution in [2.45, 2.75) is 0 Å². The number of phenols is 1. The van der Waals surface area contributed by atoms with Crippen molar-refractivity contribution < 1.29 is 15.2 Å². The van der Waals surface area contributed by atoms with Gasteiger partial charge in [0, 0.05) is 3.57 Å². The van der Waals surface area contributed by atoms with Gasteiger partial charge in [0.25, 0.3) is 0 Å². The Labute approximate surface area is 97.2 Å². The third-order valence-electron chi connectivity index (χ3n) is 1.34. The molecule has 0 saturated heterocycles.